The maximum Gasteiger partial charge on any atom is 0.327 e. The Bertz CT molecular complexity index is 601. The predicted molar refractivity (Wildman–Crippen MR) is 79.3 cm³/mol. The van der Waals surface area contributed by atoms with Gasteiger partial charge in [0.05, 0.1) is 12.0 Å². The van der Waals surface area contributed by atoms with Gasteiger partial charge in [-0.05, 0) is 31.9 Å². The van der Waals surface area contributed by atoms with Crippen molar-refractivity contribution < 1.29 is 17.9 Å². The summed E-state index contributed by atoms with van der Waals surface area (Å²) < 4.78 is 32.5. The van der Waals surface area contributed by atoms with Crippen LogP contribution in [0.1, 0.15) is 37.7 Å². The molecule has 0 aliphatic heterocycles. The monoisotopic (exact) mass is 311 g/mol. The SMILES string of the molecule is COC(=O)C1(NS(=O)(=O)c2ccc(C)cc2)CCCCC1. The smallest absolute Gasteiger partial charge is 0.327 e. The van der Waals surface area contributed by atoms with Gasteiger partial charge in [0, 0.05) is 0 Å². The molecule has 1 aromatic carbocycles. The summed E-state index contributed by atoms with van der Waals surface area (Å²) in [4.78, 5) is 12.3. The predicted octanol–water partition coefficient (Wildman–Crippen LogP) is 2.15. The van der Waals surface area contributed by atoms with Gasteiger partial charge in [-0.1, -0.05) is 37.0 Å². The van der Waals surface area contributed by atoms with Gasteiger partial charge in [0.15, 0.2) is 0 Å². The molecule has 1 aliphatic rings. The third-order valence-electron chi connectivity index (χ3n) is 3.94. The minimum atomic E-state index is -3.74. The highest BCUT2D eigenvalue weighted by Gasteiger charge is 2.44. The molecule has 0 bridgehead atoms. The third-order valence-corrected chi connectivity index (χ3v) is 5.50. The maximum atomic E-state index is 12.5. The first-order valence-electron chi connectivity index (χ1n) is 7.09. The highest BCUT2D eigenvalue weighted by molar-refractivity contribution is 7.89. The molecule has 5 nitrogen and oxygen atoms in total. The van der Waals surface area contributed by atoms with Gasteiger partial charge in [-0.2, -0.15) is 4.72 Å². The Kier molecular flexibility index (Phi) is 4.68. The standard InChI is InChI=1S/C15H21NO4S/c1-12-6-8-13(9-7-12)21(18,19)16-15(14(17)20-2)10-4-3-5-11-15/h6-9,16H,3-5,10-11H2,1-2H3. The van der Waals surface area contributed by atoms with Crippen molar-refractivity contribution in [2.45, 2.75) is 49.5 Å². The molecule has 1 aliphatic carbocycles. The van der Waals surface area contributed by atoms with Crippen LogP contribution in [0.5, 0.6) is 0 Å². The Morgan fingerprint density at radius 1 is 1.14 bits per heavy atom. The van der Waals surface area contributed by atoms with Crippen LogP contribution in [0.4, 0.5) is 0 Å². The van der Waals surface area contributed by atoms with Crippen molar-refractivity contribution in [3.63, 3.8) is 0 Å². The van der Waals surface area contributed by atoms with Crippen molar-refractivity contribution in [1.29, 1.82) is 0 Å². The number of esters is 1. The number of rotatable bonds is 4. The van der Waals surface area contributed by atoms with E-state index in [0.29, 0.717) is 12.8 Å². The summed E-state index contributed by atoms with van der Waals surface area (Å²) in [6.45, 7) is 1.89. The summed E-state index contributed by atoms with van der Waals surface area (Å²) in [5.41, 5.74) is -0.147. The largest absolute Gasteiger partial charge is 0.468 e. The highest BCUT2D eigenvalue weighted by atomic mass is 32.2. The van der Waals surface area contributed by atoms with Crippen molar-refractivity contribution in [3.8, 4) is 0 Å². The quantitative estimate of drug-likeness (QED) is 0.865. The summed E-state index contributed by atoms with van der Waals surface area (Å²) >= 11 is 0. The van der Waals surface area contributed by atoms with Crippen LogP contribution in [-0.2, 0) is 19.6 Å². The number of hydrogen-bond acceptors (Lipinski definition) is 4. The molecule has 2 rings (SSSR count). The Hall–Kier alpha value is -1.40. The Morgan fingerprint density at radius 2 is 1.71 bits per heavy atom. The topological polar surface area (TPSA) is 72.5 Å². The van der Waals surface area contributed by atoms with Crippen molar-refractivity contribution in [3.05, 3.63) is 29.8 Å². The number of sulfonamides is 1. The van der Waals surface area contributed by atoms with Gasteiger partial charge < -0.3 is 4.74 Å². The van der Waals surface area contributed by atoms with Gasteiger partial charge in [-0.15, -0.1) is 0 Å². The van der Waals surface area contributed by atoms with Crippen LogP contribution in [0.2, 0.25) is 0 Å². The molecule has 116 valence electrons. The molecular weight excluding hydrogens is 290 g/mol. The van der Waals surface area contributed by atoms with Gasteiger partial charge in [0.1, 0.15) is 5.54 Å². The average molecular weight is 311 g/mol. The van der Waals surface area contributed by atoms with Crippen LogP contribution >= 0.6 is 0 Å². The van der Waals surface area contributed by atoms with Crippen molar-refractivity contribution in [2.24, 2.45) is 0 Å². The van der Waals surface area contributed by atoms with Crippen LogP contribution in [-0.4, -0.2) is 27.0 Å². The second-order valence-electron chi connectivity index (χ2n) is 5.55. The summed E-state index contributed by atoms with van der Waals surface area (Å²) in [7, 11) is -2.45. The molecule has 21 heavy (non-hydrogen) atoms. The molecule has 0 unspecified atom stereocenters. The second-order valence-corrected chi connectivity index (χ2v) is 7.24. The molecule has 1 N–H and O–H groups in total. The molecule has 0 radical (unpaired) electrons. The van der Waals surface area contributed by atoms with Gasteiger partial charge in [-0.25, -0.2) is 8.42 Å². The zero-order chi connectivity index (χ0) is 15.5. The van der Waals surface area contributed by atoms with Crippen LogP contribution < -0.4 is 4.72 Å². The summed E-state index contributed by atoms with van der Waals surface area (Å²) in [6.07, 6.45) is 3.58. The van der Waals surface area contributed by atoms with Crippen LogP contribution in [0.15, 0.2) is 29.2 Å². The Morgan fingerprint density at radius 3 is 2.24 bits per heavy atom. The first-order valence-corrected chi connectivity index (χ1v) is 8.57. The van der Waals surface area contributed by atoms with E-state index < -0.39 is 21.5 Å². The lowest BCUT2D eigenvalue weighted by Crippen LogP contribution is -2.55. The second kappa shape index (κ2) is 6.15. The van der Waals surface area contributed by atoms with Crippen molar-refractivity contribution in [2.75, 3.05) is 7.11 Å². The first kappa shape index (κ1) is 16.0. The van der Waals surface area contributed by atoms with E-state index in [9.17, 15) is 13.2 Å². The molecule has 0 saturated heterocycles. The fourth-order valence-electron chi connectivity index (χ4n) is 2.73. The molecule has 1 fully saturated rings. The fraction of sp³-hybridized carbons (Fsp3) is 0.533. The molecule has 0 atom stereocenters. The minimum absolute atomic E-state index is 0.168. The van der Waals surface area contributed by atoms with Crippen LogP contribution in [0.3, 0.4) is 0 Å². The van der Waals surface area contributed by atoms with Crippen LogP contribution in [0.25, 0.3) is 0 Å². The number of carbonyl (C=O) groups excluding carboxylic acids is 1. The lowest BCUT2D eigenvalue weighted by Gasteiger charge is -2.34. The van der Waals surface area contributed by atoms with E-state index in [1.54, 1.807) is 24.3 Å². The highest BCUT2D eigenvalue weighted by Crippen LogP contribution is 2.31. The average Bonchev–Trinajstić information content (AvgIpc) is 2.47. The van der Waals surface area contributed by atoms with E-state index >= 15 is 0 Å². The number of aryl methyl sites for hydroxylation is 1. The number of methoxy groups -OCH3 is 1. The van der Waals surface area contributed by atoms with E-state index in [2.05, 4.69) is 4.72 Å². The number of benzene rings is 1. The zero-order valence-electron chi connectivity index (χ0n) is 12.4. The molecule has 0 spiro atoms. The molecular formula is C15H21NO4S. The van der Waals surface area contributed by atoms with Crippen molar-refractivity contribution in [1.82, 2.24) is 4.72 Å². The van der Waals surface area contributed by atoms with Gasteiger partial charge in [0.2, 0.25) is 10.0 Å². The normalized spacial score (nSPS) is 18.2. The van der Waals surface area contributed by atoms with E-state index in [0.717, 1.165) is 24.8 Å². The first-order chi connectivity index (χ1) is 9.89. The van der Waals surface area contributed by atoms with E-state index in [1.165, 1.54) is 7.11 Å². The van der Waals surface area contributed by atoms with E-state index in [-0.39, 0.29) is 4.90 Å². The molecule has 0 heterocycles. The van der Waals surface area contributed by atoms with Crippen LogP contribution in [0, 0.1) is 6.92 Å². The molecule has 6 heteroatoms. The Labute approximate surface area is 125 Å². The molecule has 0 amide bonds. The third kappa shape index (κ3) is 3.44. The maximum absolute atomic E-state index is 12.5. The lowest BCUT2D eigenvalue weighted by molar-refractivity contribution is -0.149. The lowest BCUT2D eigenvalue weighted by atomic mass is 9.83. The summed E-state index contributed by atoms with van der Waals surface area (Å²) in [6, 6.07) is 6.57. The van der Waals surface area contributed by atoms with Gasteiger partial charge in [0.25, 0.3) is 0 Å². The zero-order valence-corrected chi connectivity index (χ0v) is 13.2. The summed E-state index contributed by atoms with van der Waals surface area (Å²) in [5, 5.41) is 0. The molecule has 1 aromatic rings. The molecule has 0 aromatic heterocycles. The Balaban J connectivity index is 2.31. The number of carbonyl (C=O) groups is 1. The van der Waals surface area contributed by atoms with Gasteiger partial charge in [-0.3, -0.25) is 4.79 Å². The number of nitrogens with one attached hydrogen (secondary N) is 1. The number of ether oxygens (including phenoxy) is 1. The van der Waals surface area contributed by atoms with E-state index in [4.69, 9.17) is 4.74 Å². The number of hydrogen-bond donors (Lipinski definition) is 1. The van der Waals surface area contributed by atoms with E-state index in [1.807, 2.05) is 6.92 Å². The molecule has 1 saturated carbocycles. The summed E-state index contributed by atoms with van der Waals surface area (Å²) in [5.74, 6) is -0.502. The minimum Gasteiger partial charge on any atom is -0.468 e. The fourth-order valence-corrected chi connectivity index (χ4v) is 4.15. The van der Waals surface area contributed by atoms with Crippen molar-refractivity contribution >= 4 is 16.0 Å². The van der Waals surface area contributed by atoms with Gasteiger partial charge >= 0.3 is 5.97 Å².